The molecule has 176 valence electrons. The fraction of sp³-hybridized carbons (Fsp3) is 0.280. The molecule has 1 atom stereocenters. The lowest BCUT2D eigenvalue weighted by atomic mass is 9.68. The van der Waals surface area contributed by atoms with Gasteiger partial charge >= 0.3 is 0 Å². The second-order valence-electron chi connectivity index (χ2n) is 9.29. The van der Waals surface area contributed by atoms with E-state index in [0.717, 1.165) is 16.2 Å². The van der Waals surface area contributed by atoms with Crippen molar-refractivity contribution >= 4 is 33.3 Å². The van der Waals surface area contributed by atoms with E-state index in [9.17, 15) is 18.5 Å². The van der Waals surface area contributed by atoms with Gasteiger partial charge in [0.25, 0.3) is 0 Å². The largest absolute Gasteiger partial charge is 0.384 e. The molecule has 4 rings (SSSR count). The first-order chi connectivity index (χ1) is 16.0. The third-order valence-corrected chi connectivity index (χ3v) is 7.93. The van der Waals surface area contributed by atoms with E-state index in [2.05, 4.69) is 6.07 Å². The van der Waals surface area contributed by atoms with Crippen molar-refractivity contribution in [2.24, 2.45) is 16.3 Å². The fourth-order valence-electron chi connectivity index (χ4n) is 4.72. The lowest BCUT2D eigenvalue weighted by molar-refractivity contribution is -0.118. The minimum absolute atomic E-state index is 0.0170. The van der Waals surface area contributed by atoms with Crippen LogP contribution in [-0.4, -0.2) is 20.5 Å². The zero-order valence-corrected chi connectivity index (χ0v) is 20.8. The summed E-state index contributed by atoms with van der Waals surface area (Å²) in [5.74, 6) is -0.343. The highest BCUT2D eigenvalue weighted by molar-refractivity contribution is 7.98. The molecule has 0 fully saturated rings. The molecule has 9 heteroatoms. The van der Waals surface area contributed by atoms with E-state index in [1.54, 1.807) is 28.8 Å². The van der Waals surface area contributed by atoms with Crippen molar-refractivity contribution in [2.45, 2.75) is 42.4 Å². The average Bonchev–Trinajstić information content (AvgIpc) is 2.77. The Kier molecular flexibility index (Phi) is 6.10. The Morgan fingerprint density at radius 3 is 2.24 bits per heavy atom. The number of hydrogen-bond donors (Lipinski definition) is 2. The Morgan fingerprint density at radius 1 is 1.09 bits per heavy atom. The van der Waals surface area contributed by atoms with Crippen LogP contribution in [0.4, 0.5) is 5.69 Å². The van der Waals surface area contributed by atoms with E-state index in [1.165, 1.54) is 12.1 Å². The lowest BCUT2D eigenvalue weighted by Crippen LogP contribution is -2.42. The summed E-state index contributed by atoms with van der Waals surface area (Å²) in [4.78, 5) is 16.3. The molecule has 7 nitrogen and oxygen atoms in total. The predicted molar refractivity (Wildman–Crippen MR) is 133 cm³/mol. The summed E-state index contributed by atoms with van der Waals surface area (Å²) < 4.78 is 23.4. The topological polar surface area (TPSA) is 130 Å². The molecule has 34 heavy (non-hydrogen) atoms. The first-order valence-corrected chi connectivity index (χ1v) is 13.5. The highest BCUT2D eigenvalue weighted by Crippen LogP contribution is 2.50. The van der Waals surface area contributed by atoms with E-state index in [4.69, 9.17) is 10.9 Å². The second kappa shape index (κ2) is 8.62. The standard InChI is InChI=1S/C25H26N4O3S2/c1-25(2)12-20-23(21(30)13-25)22(15-4-8-17(33-3)9-5-15)19(14-26)24(27)29(20)16-6-10-18(11-7-16)34(28,31)32/h4-11,22H,12-13,27H2,1-3H3,(H2,28,31,32)/t22-/m0/s1. The molecule has 4 N–H and O–H groups in total. The van der Waals surface area contributed by atoms with Gasteiger partial charge in [-0.25, -0.2) is 13.6 Å². The molecule has 0 saturated carbocycles. The molecule has 1 heterocycles. The van der Waals surface area contributed by atoms with Gasteiger partial charge in [0.05, 0.1) is 22.5 Å². The van der Waals surface area contributed by atoms with E-state index in [0.29, 0.717) is 29.7 Å². The Bertz CT molecular complexity index is 1370. The monoisotopic (exact) mass is 494 g/mol. The van der Waals surface area contributed by atoms with Crippen LogP contribution in [0.3, 0.4) is 0 Å². The highest BCUT2D eigenvalue weighted by Gasteiger charge is 2.44. The first kappa shape index (κ1) is 24.1. The van der Waals surface area contributed by atoms with Crippen LogP contribution in [-0.2, 0) is 14.8 Å². The van der Waals surface area contributed by atoms with Crippen LogP contribution in [0.5, 0.6) is 0 Å². The number of anilines is 1. The molecular formula is C25H26N4O3S2. The molecular weight excluding hydrogens is 468 g/mol. The van der Waals surface area contributed by atoms with E-state index < -0.39 is 15.9 Å². The van der Waals surface area contributed by atoms with Gasteiger partial charge in [0.15, 0.2) is 5.78 Å². The number of allylic oxidation sites excluding steroid dienone is 3. The van der Waals surface area contributed by atoms with Crippen LogP contribution in [0.2, 0.25) is 0 Å². The smallest absolute Gasteiger partial charge is 0.238 e. The van der Waals surface area contributed by atoms with Crippen LogP contribution >= 0.6 is 11.8 Å². The molecule has 0 aromatic heterocycles. The van der Waals surface area contributed by atoms with Gasteiger partial charge in [0.2, 0.25) is 10.0 Å². The molecule has 1 aliphatic carbocycles. The molecule has 0 radical (unpaired) electrons. The van der Waals surface area contributed by atoms with Crippen molar-refractivity contribution in [3.05, 3.63) is 76.8 Å². The summed E-state index contributed by atoms with van der Waals surface area (Å²) >= 11 is 1.61. The number of carbonyl (C=O) groups excluding carboxylic acids is 1. The minimum Gasteiger partial charge on any atom is -0.384 e. The van der Waals surface area contributed by atoms with Gasteiger partial charge in [-0.05, 0) is 60.1 Å². The van der Waals surface area contributed by atoms with E-state index in [1.807, 2.05) is 44.4 Å². The van der Waals surface area contributed by atoms with Crippen LogP contribution < -0.4 is 15.8 Å². The molecule has 0 unspecified atom stereocenters. The van der Waals surface area contributed by atoms with E-state index >= 15 is 0 Å². The normalized spacial score (nSPS) is 20.3. The molecule has 1 aliphatic heterocycles. The van der Waals surface area contributed by atoms with Crippen molar-refractivity contribution in [1.82, 2.24) is 0 Å². The second-order valence-corrected chi connectivity index (χ2v) is 11.7. The van der Waals surface area contributed by atoms with Crippen molar-refractivity contribution in [1.29, 1.82) is 5.26 Å². The molecule has 0 spiro atoms. The number of sulfonamides is 1. The maximum Gasteiger partial charge on any atom is 0.238 e. The number of nitrogens with zero attached hydrogens (tertiary/aromatic N) is 2. The highest BCUT2D eigenvalue weighted by atomic mass is 32.2. The summed E-state index contributed by atoms with van der Waals surface area (Å²) in [6.07, 6.45) is 2.92. The number of nitriles is 1. The number of primary sulfonamides is 1. The summed E-state index contributed by atoms with van der Waals surface area (Å²) in [6.45, 7) is 4.05. The zero-order valence-electron chi connectivity index (χ0n) is 19.2. The molecule has 2 aliphatic rings. The molecule has 0 bridgehead atoms. The van der Waals surface area contributed by atoms with Crippen molar-refractivity contribution in [3.8, 4) is 6.07 Å². The number of Topliss-reactive ketones (excluding diaryl/α,β-unsaturated/α-hetero) is 1. The maximum absolute atomic E-state index is 13.5. The first-order valence-electron chi connectivity index (χ1n) is 10.7. The average molecular weight is 495 g/mol. The third-order valence-electron chi connectivity index (χ3n) is 6.25. The number of benzene rings is 2. The van der Waals surface area contributed by atoms with Crippen molar-refractivity contribution in [2.75, 3.05) is 11.2 Å². The van der Waals surface area contributed by atoms with Crippen molar-refractivity contribution < 1.29 is 13.2 Å². The third kappa shape index (κ3) is 4.25. The van der Waals surface area contributed by atoms with Crippen LogP contribution in [0, 0.1) is 16.7 Å². The van der Waals surface area contributed by atoms with Gasteiger partial charge in [0.1, 0.15) is 5.82 Å². The molecule has 0 saturated heterocycles. The SMILES string of the molecule is CSc1ccc([C@H]2C(C#N)=C(N)N(c3ccc(S(N)(=O)=O)cc3)C3=C2C(=O)CC(C)(C)C3)cc1. The lowest BCUT2D eigenvalue weighted by Gasteiger charge is -2.43. The minimum atomic E-state index is -3.86. The summed E-state index contributed by atoms with van der Waals surface area (Å²) in [7, 11) is -3.86. The Labute approximate surface area is 204 Å². The number of thioether (sulfide) groups is 1. The van der Waals surface area contributed by atoms with Crippen LogP contribution in [0.25, 0.3) is 0 Å². The van der Waals surface area contributed by atoms with Gasteiger partial charge in [-0.1, -0.05) is 26.0 Å². The summed E-state index contributed by atoms with van der Waals surface area (Å²) in [6, 6.07) is 16.0. The molecule has 2 aromatic carbocycles. The molecule has 2 aromatic rings. The van der Waals surface area contributed by atoms with Crippen molar-refractivity contribution in [3.63, 3.8) is 0 Å². The van der Waals surface area contributed by atoms with Gasteiger partial charge < -0.3 is 5.73 Å². The predicted octanol–water partition coefficient (Wildman–Crippen LogP) is 4.00. The number of carbonyl (C=O) groups is 1. The van der Waals surface area contributed by atoms with Crippen LogP contribution in [0.15, 0.2) is 81.0 Å². The number of nitrogens with two attached hydrogens (primary N) is 2. The Morgan fingerprint density at radius 2 is 1.71 bits per heavy atom. The maximum atomic E-state index is 13.5. The molecule has 0 amide bonds. The number of rotatable bonds is 4. The van der Waals surface area contributed by atoms with Gasteiger partial charge in [-0.3, -0.25) is 9.69 Å². The Balaban J connectivity index is 1.94. The summed E-state index contributed by atoms with van der Waals surface area (Å²) in [5.41, 5.74) is 9.30. The van der Waals surface area contributed by atoms with E-state index in [-0.39, 0.29) is 21.9 Å². The van der Waals surface area contributed by atoms with Gasteiger partial charge in [-0.15, -0.1) is 11.8 Å². The van der Waals surface area contributed by atoms with Gasteiger partial charge in [0, 0.05) is 28.3 Å². The number of ketones is 1. The summed E-state index contributed by atoms with van der Waals surface area (Å²) in [5, 5.41) is 15.4. The quantitative estimate of drug-likeness (QED) is 0.614. The van der Waals surface area contributed by atoms with Crippen LogP contribution in [0.1, 0.15) is 38.2 Å². The van der Waals surface area contributed by atoms with Gasteiger partial charge in [-0.2, -0.15) is 5.26 Å². The Hall–Kier alpha value is -3.06. The zero-order chi connectivity index (χ0) is 24.8. The fourth-order valence-corrected chi connectivity index (χ4v) is 5.64. The number of hydrogen-bond acceptors (Lipinski definition) is 7.